The number of anilines is 3. The summed E-state index contributed by atoms with van der Waals surface area (Å²) in [6.07, 6.45) is 0. The fourth-order valence-electron chi connectivity index (χ4n) is 1.53. The van der Waals surface area contributed by atoms with Crippen molar-refractivity contribution < 1.29 is 42.5 Å². The van der Waals surface area contributed by atoms with E-state index in [1.165, 1.54) is 12.1 Å². The average Bonchev–Trinajstić information content (AvgIpc) is 2.31. The Morgan fingerprint density at radius 2 is 1.68 bits per heavy atom. The molecule has 7 heteroatoms. The number of hydrogen-bond acceptors (Lipinski definition) is 5. The molecule has 0 aliphatic carbocycles. The second kappa shape index (κ2) is 6.40. The number of nitrogen functional groups attached to an aromatic ring is 1. The van der Waals surface area contributed by atoms with E-state index in [0.29, 0.717) is 5.69 Å². The number of rotatable bonds is 3. The van der Waals surface area contributed by atoms with Crippen molar-refractivity contribution in [3.8, 4) is 0 Å². The van der Waals surface area contributed by atoms with Crippen molar-refractivity contribution >= 4 is 27.2 Å². The van der Waals surface area contributed by atoms with Crippen LogP contribution < -0.4 is 40.6 Å². The Balaban J connectivity index is 0.00000180. The molecule has 0 aliphatic heterocycles. The van der Waals surface area contributed by atoms with Crippen LogP contribution in [0.3, 0.4) is 0 Å². The van der Waals surface area contributed by atoms with E-state index in [2.05, 4.69) is 5.32 Å². The van der Waals surface area contributed by atoms with Gasteiger partial charge in [0.1, 0.15) is 10.1 Å². The maximum atomic E-state index is 11.1. The van der Waals surface area contributed by atoms with Gasteiger partial charge in [0.05, 0.1) is 10.6 Å². The van der Waals surface area contributed by atoms with Gasteiger partial charge in [-0.2, -0.15) is 0 Å². The van der Waals surface area contributed by atoms with Gasteiger partial charge in [-0.15, -0.1) is 0 Å². The Bertz CT molecular complexity index is 660. The van der Waals surface area contributed by atoms with Crippen LogP contribution in [-0.2, 0) is 10.1 Å². The van der Waals surface area contributed by atoms with Crippen molar-refractivity contribution in [1.29, 1.82) is 0 Å². The standard InChI is InChI=1S/C12H12N2O3S.Na/c13-9-6-7-11(12(8-9)18(15,16)17)14-10-4-2-1-3-5-10;/h1-8,14H,13H2,(H,15,16,17);/q;+1/p-1. The Labute approximate surface area is 133 Å². The zero-order valence-electron chi connectivity index (χ0n) is 10.3. The first-order chi connectivity index (χ1) is 8.47. The third kappa shape index (κ3) is 4.22. The van der Waals surface area contributed by atoms with E-state index in [-0.39, 0.29) is 45.8 Å². The number of benzene rings is 2. The molecule has 0 atom stereocenters. The minimum Gasteiger partial charge on any atom is -0.744 e. The minimum absolute atomic E-state index is 0. The monoisotopic (exact) mass is 286 g/mol. The molecule has 2 aromatic carbocycles. The van der Waals surface area contributed by atoms with Gasteiger partial charge in [-0.3, -0.25) is 0 Å². The zero-order chi connectivity index (χ0) is 13.2. The van der Waals surface area contributed by atoms with E-state index in [0.717, 1.165) is 6.07 Å². The quantitative estimate of drug-likeness (QED) is 0.425. The Kier molecular flexibility index (Phi) is 5.39. The molecule has 0 saturated carbocycles. The van der Waals surface area contributed by atoms with Gasteiger partial charge < -0.3 is 15.6 Å². The predicted octanol–water partition coefficient (Wildman–Crippen LogP) is -1.08. The van der Waals surface area contributed by atoms with Gasteiger partial charge in [-0.1, -0.05) is 18.2 Å². The van der Waals surface area contributed by atoms with Crippen LogP contribution in [0.4, 0.5) is 17.1 Å². The number of nitrogens with one attached hydrogen (secondary N) is 1. The van der Waals surface area contributed by atoms with Crippen LogP contribution in [0.15, 0.2) is 53.4 Å². The van der Waals surface area contributed by atoms with Crippen molar-refractivity contribution in [2.75, 3.05) is 11.1 Å². The summed E-state index contributed by atoms with van der Waals surface area (Å²) in [7, 11) is -4.57. The molecule has 0 aromatic heterocycles. The number of para-hydroxylation sites is 1. The molecule has 0 radical (unpaired) electrons. The van der Waals surface area contributed by atoms with Crippen molar-refractivity contribution in [3.63, 3.8) is 0 Å². The van der Waals surface area contributed by atoms with E-state index >= 15 is 0 Å². The van der Waals surface area contributed by atoms with Gasteiger partial charge in [0.25, 0.3) is 0 Å². The topological polar surface area (TPSA) is 95.2 Å². The van der Waals surface area contributed by atoms with Gasteiger partial charge in [-0.05, 0) is 30.3 Å². The van der Waals surface area contributed by atoms with Gasteiger partial charge in [0.2, 0.25) is 0 Å². The van der Waals surface area contributed by atoms with E-state index in [1.807, 2.05) is 6.07 Å². The number of nitrogens with two attached hydrogens (primary N) is 1. The van der Waals surface area contributed by atoms with Crippen LogP contribution >= 0.6 is 0 Å². The molecule has 0 aliphatic rings. The fourth-order valence-corrected chi connectivity index (χ4v) is 2.19. The van der Waals surface area contributed by atoms with Crippen molar-refractivity contribution in [3.05, 3.63) is 48.5 Å². The fraction of sp³-hybridized carbons (Fsp3) is 0. The van der Waals surface area contributed by atoms with Gasteiger partial charge in [0, 0.05) is 11.4 Å². The zero-order valence-corrected chi connectivity index (χ0v) is 13.1. The molecule has 0 amide bonds. The maximum Gasteiger partial charge on any atom is 1.00 e. The Morgan fingerprint density at radius 3 is 2.26 bits per heavy atom. The van der Waals surface area contributed by atoms with Crippen LogP contribution in [0, 0.1) is 0 Å². The summed E-state index contributed by atoms with van der Waals surface area (Å²) in [6, 6.07) is 13.1. The molecule has 19 heavy (non-hydrogen) atoms. The molecule has 0 heterocycles. The summed E-state index contributed by atoms with van der Waals surface area (Å²) in [5, 5.41) is 2.87. The second-order valence-electron chi connectivity index (χ2n) is 3.70. The molecular weight excluding hydrogens is 275 g/mol. The number of hydrogen-bond donors (Lipinski definition) is 2. The second-order valence-corrected chi connectivity index (χ2v) is 5.05. The molecule has 0 unspecified atom stereocenters. The summed E-state index contributed by atoms with van der Waals surface area (Å²) in [5.74, 6) is 0. The summed E-state index contributed by atoms with van der Waals surface area (Å²) in [5.41, 5.74) is 6.61. The van der Waals surface area contributed by atoms with Crippen molar-refractivity contribution in [2.24, 2.45) is 0 Å². The first kappa shape index (κ1) is 16.0. The SMILES string of the molecule is Nc1ccc(Nc2ccccc2)c(S(=O)(=O)[O-])c1.[Na+]. The molecule has 2 rings (SSSR count). The minimum atomic E-state index is -4.57. The van der Waals surface area contributed by atoms with Crippen LogP contribution in [0.25, 0.3) is 0 Å². The van der Waals surface area contributed by atoms with E-state index in [1.54, 1.807) is 24.3 Å². The molecule has 94 valence electrons. The summed E-state index contributed by atoms with van der Waals surface area (Å²) in [6.45, 7) is 0. The molecule has 0 bridgehead atoms. The molecule has 0 fully saturated rings. The smallest absolute Gasteiger partial charge is 0.744 e. The van der Waals surface area contributed by atoms with E-state index < -0.39 is 10.1 Å². The molecule has 0 saturated heterocycles. The van der Waals surface area contributed by atoms with E-state index in [9.17, 15) is 13.0 Å². The molecule has 0 spiro atoms. The molecule has 2 aromatic rings. The largest absolute Gasteiger partial charge is 1.00 e. The third-order valence-electron chi connectivity index (χ3n) is 2.33. The molecule has 3 N–H and O–H groups in total. The third-order valence-corrected chi connectivity index (χ3v) is 3.20. The van der Waals surface area contributed by atoms with Gasteiger partial charge in [0.15, 0.2) is 0 Å². The van der Waals surface area contributed by atoms with Crippen LogP contribution in [0.5, 0.6) is 0 Å². The van der Waals surface area contributed by atoms with Crippen LogP contribution in [0.1, 0.15) is 0 Å². The average molecular weight is 286 g/mol. The predicted molar refractivity (Wildman–Crippen MR) is 68.5 cm³/mol. The van der Waals surface area contributed by atoms with Crippen LogP contribution in [-0.4, -0.2) is 13.0 Å². The molecular formula is C12H11N2NaO3S. The normalized spacial score (nSPS) is 10.6. The first-order valence-electron chi connectivity index (χ1n) is 5.14. The summed E-state index contributed by atoms with van der Waals surface area (Å²) >= 11 is 0. The van der Waals surface area contributed by atoms with Crippen LogP contribution in [0.2, 0.25) is 0 Å². The van der Waals surface area contributed by atoms with Gasteiger partial charge >= 0.3 is 29.6 Å². The van der Waals surface area contributed by atoms with Crippen molar-refractivity contribution in [1.82, 2.24) is 0 Å². The Hall–Kier alpha value is -1.05. The Morgan fingerprint density at radius 1 is 1.05 bits per heavy atom. The molecule has 5 nitrogen and oxygen atoms in total. The van der Waals surface area contributed by atoms with E-state index in [4.69, 9.17) is 5.73 Å². The summed E-state index contributed by atoms with van der Waals surface area (Å²) in [4.78, 5) is -0.355. The van der Waals surface area contributed by atoms with Crippen molar-refractivity contribution in [2.45, 2.75) is 4.90 Å². The maximum absolute atomic E-state index is 11.1. The summed E-state index contributed by atoms with van der Waals surface area (Å²) < 4.78 is 33.4. The van der Waals surface area contributed by atoms with Gasteiger partial charge in [-0.25, -0.2) is 8.42 Å². The first-order valence-corrected chi connectivity index (χ1v) is 6.55.